The Balaban J connectivity index is 4.38. The number of nitrogens with one attached hydrogen (secondary N) is 1. The number of allylic oxidation sites excluding steroid dienone is 3. The number of carbonyl (C=O) groups excluding carboxylic acids is 1. The summed E-state index contributed by atoms with van der Waals surface area (Å²) in [5.74, 6) is -0.206. The molecule has 8 nitrogen and oxygen atoms in total. The molecule has 0 radical (unpaired) electrons. The van der Waals surface area contributed by atoms with E-state index in [4.69, 9.17) is 9.05 Å². The maximum absolute atomic E-state index is 12.8. The molecule has 0 aromatic carbocycles. The third-order valence-corrected chi connectivity index (χ3v) is 11.6. The number of quaternary nitrogens is 1. The van der Waals surface area contributed by atoms with Gasteiger partial charge in [-0.25, -0.2) is 0 Å². The van der Waals surface area contributed by atoms with Gasteiger partial charge in [-0.2, -0.15) is 0 Å². The zero-order valence-electron chi connectivity index (χ0n) is 37.6. The van der Waals surface area contributed by atoms with Gasteiger partial charge in [-0.05, 0) is 32.1 Å². The predicted molar refractivity (Wildman–Crippen MR) is 238 cm³/mol. The quantitative estimate of drug-likeness (QED) is 0.0275. The molecule has 56 heavy (non-hydrogen) atoms. The summed E-state index contributed by atoms with van der Waals surface area (Å²) in [6.45, 7) is 4.64. The number of phosphoric ester groups is 1. The van der Waals surface area contributed by atoms with Gasteiger partial charge in [0.05, 0.1) is 39.9 Å². The first-order chi connectivity index (χ1) is 27.0. The molecule has 0 saturated heterocycles. The van der Waals surface area contributed by atoms with E-state index in [0.717, 1.165) is 38.5 Å². The number of hydrogen-bond acceptors (Lipinski definition) is 6. The largest absolute Gasteiger partial charge is 0.756 e. The summed E-state index contributed by atoms with van der Waals surface area (Å²) in [5, 5.41) is 13.8. The lowest BCUT2D eigenvalue weighted by Crippen LogP contribution is -2.45. The van der Waals surface area contributed by atoms with Gasteiger partial charge in [0, 0.05) is 6.42 Å². The van der Waals surface area contributed by atoms with E-state index in [2.05, 4.69) is 31.3 Å². The summed E-state index contributed by atoms with van der Waals surface area (Å²) in [7, 11) is 1.25. The molecule has 0 fully saturated rings. The molecule has 0 spiro atoms. The molecule has 0 rings (SSSR count). The molecular weight excluding hydrogens is 719 g/mol. The molecule has 2 N–H and O–H groups in total. The number of aliphatic hydroxyl groups excluding tert-OH is 1. The van der Waals surface area contributed by atoms with Gasteiger partial charge in [0.1, 0.15) is 13.2 Å². The topological polar surface area (TPSA) is 108 Å². The number of hydrogen-bond donors (Lipinski definition) is 2. The highest BCUT2D eigenvalue weighted by Gasteiger charge is 2.23. The summed E-state index contributed by atoms with van der Waals surface area (Å²) in [6, 6.07) is -0.898. The molecule has 3 atom stereocenters. The Morgan fingerprint density at radius 1 is 0.607 bits per heavy atom. The summed E-state index contributed by atoms with van der Waals surface area (Å²) >= 11 is 0. The second-order valence-electron chi connectivity index (χ2n) is 17.5. The molecule has 1 amide bonds. The molecule has 9 heteroatoms. The van der Waals surface area contributed by atoms with Crippen molar-refractivity contribution in [2.45, 2.75) is 231 Å². The molecule has 0 saturated carbocycles. The van der Waals surface area contributed by atoms with Crippen LogP contribution >= 0.6 is 7.82 Å². The third-order valence-electron chi connectivity index (χ3n) is 10.7. The highest BCUT2D eigenvalue weighted by molar-refractivity contribution is 7.45. The van der Waals surface area contributed by atoms with Crippen molar-refractivity contribution in [3.8, 4) is 0 Å². The van der Waals surface area contributed by atoms with Crippen molar-refractivity contribution in [2.75, 3.05) is 40.9 Å². The summed E-state index contributed by atoms with van der Waals surface area (Å²) in [4.78, 5) is 25.3. The van der Waals surface area contributed by atoms with E-state index in [9.17, 15) is 19.4 Å². The van der Waals surface area contributed by atoms with E-state index in [-0.39, 0.29) is 19.1 Å². The second-order valence-corrected chi connectivity index (χ2v) is 18.9. The molecule has 0 bridgehead atoms. The minimum atomic E-state index is -4.59. The maximum atomic E-state index is 12.8. The van der Waals surface area contributed by atoms with Crippen molar-refractivity contribution < 1.29 is 32.9 Å². The van der Waals surface area contributed by atoms with Crippen LogP contribution < -0.4 is 10.2 Å². The lowest BCUT2D eigenvalue weighted by atomic mass is 10.0. The van der Waals surface area contributed by atoms with Gasteiger partial charge >= 0.3 is 0 Å². The van der Waals surface area contributed by atoms with Crippen molar-refractivity contribution in [2.24, 2.45) is 0 Å². The van der Waals surface area contributed by atoms with Crippen LogP contribution in [0.5, 0.6) is 0 Å². The Bertz CT molecular complexity index is 969. The molecule has 0 heterocycles. The van der Waals surface area contributed by atoms with Crippen LogP contribution in [0.15, 0.2) is 24.3 Å². The number of rotatable bonds is 43. The van der Waals surface area contributed by atoms with Crippen LogP contribution in [0.2, 0.25) is 0 Å². The Kier molecular flexibility index (Phi) is 38.7. The fraction of sp³-hybridized carbons (Fsp3) is 0.894. The van der Waals surface area contributed by atoms with Gasteiger partial charge < -0.3 is 28.8 Å². The third kappa shape index (κ3) is 41.2. The maximum Gasteiger partial charge on any atom is 0.268 e. The fourth-order valence-electron chi connectivity index (χ4n) is 6.87. The van der Waals surface area contributed by atoms with Gasteiger partial charge in [-0.3, -0.25) is 9.36 Å². The summed E-state index contributed by atoms with van der Waals surface area (Å²) < 4.78 is 23.2. The molecule has 0 aliphatic heterocycles. The number of aliphatic hydroxyl groups is 1. The summed E-state index contributed by atoms with van der Waals surface area (Å²) in [5.41, 5.74) is 0. The first-order valence-electron chi connectivity index (χ1n) is 23.7. The highest BCUT2D eigenvalue weighted by atomic mass is 31.2. The van der Waals surface area contributed by atoms with Crippen LogP contribution in [0.25, 0.3) is 0 Å². The average molecular weight is 813 g/mol. The van der Waals surface area contributed by atoms with Crippen LogP contribution in [0.4, 0.5) is 0 Å². The number of nitrogens with zero attached hydrogens (tertiary/aromatic N) is 1. The normalized spacial score (nSPS) is 14.5. The van der Waals surface area contributed by atoms with Gasteiger partial charge in [0.25, 0.3) is 7.82 Å². The fourth-order valence-corrected chi connectivity index (χ4v) is 7.60. The molecular formula is C47H93N2O6P. The van der Waals surface area contributed by atoms with Gasteiger partial charge in [0.2, 0.25) is 5.91 Å². The minimum Gasteiger partial charge on any atom is -0.756 e. The van der Waals surface area contributed by atoms with Crippen LogP contribution in [-0.2, 0) is 18.4 Å². The molecule has 3 unspecified atom stereocenters. The molecule has 0 aromatic rings. The lowest BCUT2D eigenvalue weighted by molar-refractivity contribution is -0.870. The minimum absolute atomic E-state index is 0.00420. The van der Waals surface area contributed by atoms with Gasteiger partial charge in [-0.1, -0.05) is 205 Å². The second kappa shape index (κ2) is 39.4. The number of likely N-dealkylation sites (N-methyl/N-ethyl adjacent to an activating group) is 1. The van der Waals surface area contributed by atoms with Gasteiger partial charge in [0.15, 0.2) is 0 Å². The monoisotopic (exact) mass is 813 g/mol. The van der Waals surface area contributed by atoms with Crippen LogP contribution in [0, 0.1) is 0 Å². The molecule has 0 aromatic heterocycles. The first kappa shape index (κ1) is 55.0. The van der Waals surface area contributed by atoms with Crippen molar-refractivity contribution >= 4 is 13.7 Å². The number of carbonyl (C=O) groups is 1. The Labute approximate surface area is 347 Å². The highest BCUT2D eigenvalue weighted by Crippen LogP contribution is 2.38. The van der Waals surface area contributed by atoms with E-state index in [1.54, 1.807) is 6.08 Å². The standard InChI is InChI=1S/C47H93N2O6P/c1-6-8-10-12-14-16-18-20-21-22-23-24-25-26-27-29-30-32-34-36-38-40-46(50)45(44-55-56(52,53)54-43-42-49(3,4)5)48-47(51)41-39-37-35-33-31-28-19-17-15-13-11-9-7-2/h30,32,38,40,45-46,50H,6-29,31,33-37,39,41-44H2,1-5H3,(H-,48,51,52,53)/b32-30+,40-38+. The Morgan fingerprint density at radius 2 is 1.00 bits per heavy atom. The van der Waals surface area contributed by atoms with Gasteiger partial charge in [-0.15, -0.1) is 0 Å². The van der Waals surface area contributed by atoms with Crippen molar-refractivity contribution in [3.05, 3.63) is 24.3 Å². The SMILES string of the molecule is CCCCCCCCCCCCCCCCC/C=C/CC/C=C/C(O)C(COP(=O)([O-])OCC[N+](C)(C)C)NC(=O)CCCCCCCCCCCCCCC. The first-order valence-corrected chi connectivity index (χ1v) is 25.2. The Hall–Kier alpha value is -1.02. The van der Waals surface area contributed by atoms with E-state index in [1.165, 1.54) is 161 Å². The summed E-state index contributed by atoms with van der Waals surface area (Å²) in [6.07, 6.45) is 46.6. The van der Waals surface area contributed by atoms with E-state index in [0.29, 0.717) is 17.4 Å². The molecule has 332 valence electrons. The number of phosphoric acid groups is 1. The molecule has 0 aliphatic carbocycles. The molecule has 0 aliphatic rings. The van der Waals surface area contributed by atoms with E-state index in [1.807, 2.05) is 27.2 Å². The van der Waals surface area contributed by atoms with Crippen LogP contribution in [0.1, 0.15) is 219 Å². The van der Waals surface area contributed by atoms with E-state index >= 15 is 0 Å². The zero-order valence-corrected chi connectivity index (χ0v) is 38.5. The van der Waals surface area contributed by atoms with Crippen molar-refractivity contribution in [1.82, 2.24) is 5.32 Å². The van der Waals surface area contributed by atoms with Crippen molar-refractivity contribution in [1.29, 1.82) is 0 Å². The van der Waals surface area contributed by atoms with Crippen LogP contribution in [0.3, 0.4) is 0 Å². The van der Waals surface area contributed by atoms with Crippen molar-refractivity contribution in [3.63, 3.8) is 0 Å². The smallest absolute Gasteiger partial charge is 0.268 e. The number of amides is 1. The lowest BCUT2D eigenvalue weighted by Gasteiger charge is -2.29. The van der Waals surface area contributed by atoms with Crippen LogP contribution in [-0.4, -0.2) is 68.5 Å². The number of unbranched alkanes of at least 4 members (excludes halogenated alkanes) is 28. The zero-order chi connectivity index (χ0) is 41.4. The van der Waals surface area contributed by atoms with E-state index < -0.39 is 20.0 Å². The Morgan fingerprint density at radius 3 is 1.45 bits per heavy atom. The predicted octanol–water partition coefficient (Wildman–Crippen LogP) is 12.7. The average Bonchev–Trinajstić information content (AvgIpc) is 3.15.